The van der Waals surface area contributed by atoms with Gasteiger partial charge in [0, 0.05) is 37.6 Å². The van der Waals surface area contributed by atoms with Crippen molar-refractivity contribution in [3.8, 4) is 0 Å². The molecule has 1 aliphatic heterocycles. The van der Waals surface area contributed by atoms with Crippen LogP contribution in [0, 0.1) is 5.82 Å². The number of carbonyl (C=O) groups is 3. The summed E-state index contributed by atoms with van der Waals surface area (Å²) >= 11 is 0. The van der Waals surface area contributed by atoms with Crippen LogP contribution in [0.2, 0.25) is 0 Å². The first-order valence-corrected chi connectivity index (χ1v) is 9.92. The summed E-state index contributed by atoms with van der Waals surface area (Å²) in [5, 5.41) is 5.41. The SMILES string of the molecule is COC(=O)c1ccc(NC(=O)C(C)NC(=O)N2CCN(c3ccc(F)cc3)CC2)cc1. The molecule has 0 radical (unpaired) electrons. The van der Waals surface area contributed by atoms with Gasteiger partial charge in [0.1, 0.15) is 11.9 Å². The van der Waals surface area contributed by atoms with E-state index in [-0.39, 0.29) is 17.8 Å². The van der Waals surface area contributed by atoms with E-state index in [1.807, 2.05) is 0 Å². The first-order valence-electron chi connectivity index (χ1n) is 9.92. The number of urea groups is 1. The molecule has 0 aromatic heterocycles. The van der Waals surface area contributed by atoms with Crippen LogP contribution in [0.5, 0.6) is 0 Å². The summed E-state index contributed by atoms with van der Waals surface area (Å²) in [6.07, 6.45) is 0. The molecule has 8 nitrogen and oxygen atoms in total. The number of anilines is 2. The van der Waals surface area contributed by atoms with Crippen molar-refractivity contribution in [2.24, 2.45) is 0 Å². The first kappa shape index (κ1) is 22.1. The lowest BCUT2D eigenvalue weighted by Crippen LogP contribution is -2.54. The Hall–Kier alpha value is -3.62. The Morgan fingerprint density at radius 3 is 2.16 bits per heavy atom. The van der Waals surface area contributed by atoms with Gasteiger partial charge in [0.25, 0.3) is 0 Å². The molecule has 31 heavy (non-hydrogen) atoms. The normalized spacial score (nSPS) is 14.5. The molecule has 2 aromatic carbocycles. The molecule has 0 bridgehead atoms. The quantitative estimate of drug-likeness (QED) is 0.714. The average Bonchev–Trinajstić information content (AvgIpc) is 2.79. The Kier molecular flexibility index (Phi) is 7.07. The van der Waals surface area contributed by atoms with Crippen LogP contribution in [0.25, 0.3) is 0 Å². The van der Waals surface area contributed by atoms with Crippen LogP contribution in [0.1, 0.15) is 17.3 Å². The lowest BCUT2D eigenvalue weighted by Gasteiger charge is -2.36. The van der Waals surface area contributed by atoms with Crippen LogP contribution in [-0.4, -0.2) is 62.1 Å². The number of hydrogen-bond donors (Lipinski definition) is 2. The maximum Gasteiger partial charge on any atom is 0.337 e. The van der Waals surface area contributed by atoms with Crippen LogP contribution in [-0.2, 0) is 9.53 Å². The van der Waals surface area contributed by atoms with E-state index in [1.54, 1.807) is 48.2 Å². The van der Waals surface area contributed by atoms with E-state index in [0.717, 1.165) is 5.69 Å². The van der Waals surface area contributed by atoms with Gasteiger partial charge in [0.15, 0.2) is 0 Å². The van der Waals surface area contributed by atoms with Gasteiger partial charge in [-0.25, -0.2) is 14.0 Å². The van der Waals surface area contributed by atoms with Crippen LogP contribution in [0.3, 0.4) is 0 Å². The fourth-order valence-electron chi connectivity index (χ4n) is 3.22. The van der Waals surface area contributed by atoms with Crippen LogP contribution in [0.4, 0.5) is 20.6 Å². The van der Waals surface area contributed by atoms with Crippen LogP contribution in [0.15, 0.2) is 48.5 Å². The van der Waals surface area contributed by atoms with Crippen molar-refractivity contribution in [1.82, 2.24) is 10.2 Å². The second kappa shape index (κ2) is 9.92. The number of benzene rings is 2. The summed E-state index contributed by atoms with van der Waals surface area (Å²) in [5.74, 6) is -1.12. The van der Waals surface area contributed by atoms with E-state index in [4.69, 9.17) is 0 Å². The maximum absolute atomic E-state index is 13.1. The van der Waals surface area contributed by atoms with Crippen LogP contribution >= 0.6 is 0 Å². The summed E-state index contributed by atoms with van der Waals surface area (Å²) in [4.78, 5) is 40.1. The minimum absolute atomic E-state index is 0.284. The topological polar surface area (TPSA) is 91.0 Å². The molecule has 164 valence electrons. The molecule has 0 saturated carbocycles. The first-order chi connectivity index (χ1) is 14.9. The highest BCUT2D eigenvalue weighted by Gasteiger charge is 2.24. The molecule has 0 aliphatic carbocycles. The Balaban J connectivity index is 1.47. The third kappa shape index (κ3) is 5.71. The molecule has 2 N–H and O–H groups in total. The summed E-state index contributed by atoms with van der Waals surface area (Å²) in [6.45, 7) is 3.82. The molecular formula is C22H25FN4O4. The number of hydrogen-bond acceptors (Lipinski definition) is 5. The van der Waals surface area contributed by atoms with Crippen molar-refractivity contribution >= 4 is 29.3 Å². The van der Waals surface area contributed by atoms with Crippen molar-refractivity contribution in [3.05, 3.63) is 59.9 Å². The van der Waals surface area contributed by atoms with Crippen LogP contribution < -0.4 is 15.5 Å². The molecule has 1 atom stereocenters. The smallest absolute Gasteiger partial charge is 0.337 e. The molecule has 1 saturated heterocycles. The maximum atomic E-state index is 13.1. The third-order valence-electron chi connectivity index (χ3n) is 5.07. The minimum atomic E-state index is -0.747. The number of esters is 1. The van der Waals surface area contributed by atoms with E-state index in [1.165, 1.54) is 19.2 Å². The van der Waals surface area contributed by atoms with Gasteiger partial charge >= 0.3 is 12.0 Å². The standard InChI is InChI=1S/C22H25FN4O4/c1-15(20(28)25-18-7-3-16(4-8-18)21(29)31-2)24-22(30)27-13-11-26(12-14-27)19-9-5-17(23)6-10-19/h3-10,15H,11-14H2,1-2H3,(H,24,30)(H,25,28). The number of methoxy groups -OCH3 is 1. The Morgan fingerprint density at radius 1 is 0.968 bits per heavy atom. The molecule has 9 heteroatoms. The van der Waals surface area contributed by atoms with Gasteiger partial charge in [-0.1, -0.05) is 0 Å². The zero-order chi connectivity index (χ0) is 22.4. The van der Waals surface area contributed by atoms with Gasteiger partial charge in [-0.3, -0.25) is 4.79 Å². The van der Waals surface area contributed by atoms with E-state index in [0.29, 0.717) is 37.4 Å². The van der Waals surface area contributed by atoms with Crippen molar-refractivity contribution < 1.29 is 23.5 Å². The average molecular weight is 428 g/mol. The number of amides is 3. The van der Waals surface area contributed by atoms with E-state index < -0.39 is 12.0 Å². The number of ether oxygens (including phenoxy) is 1. The van der Waals surface area contributed by atoms with Crippen molar-refractivity contribution in [2.45, 2.75) is 13.0 Å². The van der Waals surface area contributed by atoms with Gasteiger partial charge in [-0.05, 0) is 55.5 Å². The lowest BCUT2D eigenvalue weighted by atomic mass is 10.2. The van der Waals surface area contributed by atoms with E-state index >= 15 is 0 Å². The Morgan fingerprint density at radius 2 is 1.58 bits per heavy atom. The summed E-state index contributed by atoms with van der Waals surface area (Å²) in [7, 11) is 1.30. The van der Waals surface area contributed by atoms with Gasteiger partial charge in [0.2, 0.25) is 5.91 Å². The molecule has 2 aromatic rings. The second-order valence-corrected chi connectivity index (χ2v) is 7.18. The number of halogens is 1. The summed E-state index contributed by atoms with van der Waals surface area (Å²) in [6, 6.07) is 11.5. The molecule has 3 amide bonds. The number of nitrogens with one attached hydrogen (secondary N) is 2. The van der Waals surface area contributed by atoms with Gasteiger partial charge < -0.3 is 25.2 Å². The molecule has 1 fully saturated rings. The monoisotopic (exact) mass is 428 g/mol. The predicted molar refractivity (Wildman–Crippen MR) is 115 cm³/mol. The lowest BCUT2D eigenvalue weighted by molar-refractivity contribution is -0.117. The summed E-state index contributed by atoms with van der Waals surface area (Å²) < 4.78 is 17.7. The van der Waals surface area contributed by atoms with Crippen molar-refractivity contribution in [2.75, 3.05) is 43.5 Å². The molecule has 3 rings (SSSR count). The van der Waals surface area contributed by atoms with Crippen molar-refractivity contribution in [1.29, 1.82) is 0 Å². The second-order valence-electron chi connectivity index (χ2n) is 7.18. The molecule has 0 spiro atoms. The largest absolute Gasteiger partial charge is 0.465 e. The highest BCUT2D eigenvalue weighted by Crippen LogP contribution is 2.17. The number of rotatable bonds is 5. The van der Waals surface area contributed by atoms with E-state index in [9.17, 15) is 18.8 Å². The van der Waals surface area contributed by atoms with Gasteiger partial charge in [-0.2, -0.15) is 0 Å². The molecular weight excluding hydrogens is 403 g/mol. The zero-order valence-electron chi connectivity index (χ0n) is 17.4. The van der Waals surface area contributed by atoms with Gasteiger partial charge in [-0.15, -0.1) is 0 Å². The number of piperazine rings is 1. The number of nitrogens with zero attached hydrogens (tertiary/aromatic N) is 2. The summed E-state index contributed by atoms with van der Waals surface area (Å²) in [5.41, 5.74) is 1.79. The minimum Gasteiger partial charge on any atom is -0.465 e. The predicted octanol–water partition coefficient (Wildman–Crippen LogP) is 2.47. The number of carbonyl (C=O) groups excluding carboxylic acids is 3. The molecule has 1 heterocycles. The highest BCUT2D eigenvalue weighted by atomic mass is 19.1. The molecule has 1 aliphatic rings. The Bertz CT molecular complexity index is 926. The van der Waals surface area contributed by atoms with E-state index in [2.05, 4.69) is 20.3 Å². The van der Waals surface area contributed by atoms with Gasteiger partial charge in [0.05, 0.1) is 12.7 Å². The molecule has 1 unspecified atom stereocenters. The fraction of sp³-hybridized carbons (Fsp3) is 0.318. The third-order valence-corrected chi connectivity index (χ3v) is 5.07. The highest BCUT2D eigenvalue weighted by molar-refractivity contribution is 5.97. The Labute approximate surface area is 180 Å². The zero-order valence-corrected chi connectivity index (χ0v) is 17.4. The fourth-order valence-corrected chi connectivity index (χ4v) is 3.22. The van der Waals surface area contributed by atoms with Crippen molar-refractivity contribution in [3.63, 3.8) is 0 Å².